The van der Waals surface area contributed by atoms with Crippen LogP contribution in [0.4, 0.5) is 0 Å². The molecule has 0 saturated carbocycles. The molecular formula is C54H103O11P. The van der Waals surface area contributed by atoms with Crippen molar-refractivity contribution in [3.05, 3.63) is 12.2 Å². The summed E-state index contributed by atoms with van der Waals surface area (Å²) in [6.45, 7) is 4.62. The number of phosphoric acid groups is 1. The van der Waals surface area contributed by atoms with E-state index in [1.807, 2.05) is 0 Å². The van der Waals surface area contributed by atoms with E-state index in [0.29, 0.717) is 19.3 Å². The summed E-state index contributed by atoms with van der Waals surface area (Å²) in [6.07, 6.45) is 46.1. The van der Waals surface area contributed by atoms with Gasteiger partial charge in [-0.25, -0.2) is 4.57 Å². The Morgan fingerprint density at radius 1 is 0.409 bits per heavy atom. The molecule has 3 unspecified atom stereocenters. The second-order valence-corrected chi connectivity index (χ2v) is 20.2. The maximum Gasteiger partial charge on any atom is 0.472 e. The average molecular weight is 959 g/mol. The molecule has 0 aliphatic rings. The Hall–Kier alpha value is -1.78. The van der Waals surface area contributed by atoms with Gasteiger partial charge in [-0.3, -0.25) is 23.4 Å². The molecule has 3 atom stereocenters. The molecule has 0 saturated heterocycles. The maximum absolute atomic E-state index is 12.8. The van der Waals surface area contributed by atoms with Crippen molar-refractivity contribution in [2.75, 3.05) is 26.4 Å². The standard InChI is InChI=1S/C54H103O11P/c1-4-7-10-13-16-19-22-23-24-25-26-27-30-31-34-37-40-43-52(56)61-47-51(65-54(58)45-42-39-36-33-29-21-18-15-12-9-6-3)49-63-66(59,60)62-48-50(46-55)64-53(57)44-41-38-35-32-28-20-17-14-11-8-5-2/h15,18,50-51,55H,4-14,16-17,19-49H2,1-3H3,(H,59,60)/b18-15-. The van der Waals surface area contributed by atoms with E-state index in [9.17, 15) is 28.9 Å². The van der Waals surface area contributed by atoms with Crippen molar-refractivity contribution < 1.29 is 52.2 Å². The van der Waals surface area contributed by atoms with Gasteiger partial charge in [-0.2, -0.15) is 0 Å². The third kappa shape index (κ3) is 47.3. The van der Waals surface area contributed by atoms with Crippen LogP contribution in [-0.2, 0) is 42.2 Å². The van der Waals surface area contributed by atoms with Crippen LogP contribution in [0.3, 0.4) is 0 Å². The van der Waals surface area contributed by atoms with Gasteiger partial charge in [0.1, 0.15) is 12.7 Å². The number of aliphatic hydroxyl groups is 1. The fraction of sp³-hybridized carbons (Fsp3) is 0.907. The smallest absolute Gasteiger partial charge is 0.462 e. The Morgan fingerprint density at radius 3 is 1.09 bits per heavy atom. The minimum atomic E-state index is -4.73. The average Bonchev–Trinajstić information content (AvgIpc) is 3.30. The van der Waals surface area contributed by atoms with Gasteiger partial charge in [0.15, 0.2) is 6.10 Å². The summed E-state index contributed by atoms with van der Waals surface area (Å²) in [5.74, 6) is -1.45. The van der Waals surface area contributed by atoms with Gasteiger partial charge in [0.05, 0.1) is 19.8 Å². The zero-order valence-corrected chi connectivity index (χ0v) is 43.8. The predicted molar refractivity (Wildman–Crippen MR) is 270 cm³/mol. The number of unbranched alkanes of at least 4 members (excludes halogenated alkanes) is 33. The highest BCUT2D eigenvalue weighted by Gasteiger charge is 2.28. The normalized spacial score (nSPS) is 13.5. The summed E-state index contributed by atoms with van der Waals surface area (Å²) in [5.41, 5.74) is 0. The molecule has 0 aromatic heterocycles. The second kappa shape index (κ2) is 49.6. The molecule has 66 heavy (non-hydrogen) atoms. The van der Waals surface area contributed by atoms with Gasteiger partial charge in [0.25, 0.3) is 0 Å². The fourth-order valence-corrected chi connectivity index (χ4v) is 8.71. The molecule has 2 N–H and O–H groups in total. The van der Waals surface area contributed by atoms with E-state index in [4.69, 9.17) is 23.3 Å². The van der Waals surface area contributed by atoms with Crippen LogP contribution in [0.1, 0.15) is 278 Å². The third-order valence-corrected chi connectivity index (χ3v) is 13.1. The van der Waals surface area contributed by atoms with E-state index in [2.05, 4.69) is 32.9 Å². The molecule has 11 nitrogen and oxygen atoms in total. The summed E-state index contributed by atoms with van der Waals surface area (Å²) >= 11 is 0. The number of aliphatic hydroxyl groups excluding tert-OH is 1. The van der Waals surface area contributed by atoms with Crippen molar-refractivity contribution in [2.24, 2.45) is 0 Å². The summed E-state index contributed by atoms with van der Waals surface area (Å²) in [5, 5.41) is 9.76. The van der Waals surface area contributed by atoms with Gasteiger partial charge >= 0.3 is 25.7 Å². The van der Waals surface area contributed by atoms with E-state index in [1.165, 1.54) is 141 Å². The first kappa shape index (κ1) is 64.2. The lowest BCUT2D eigenvalue weighted by molar-refractivity contribution is -0.161. The lowest BCUT2D eigenvalue weighted by Gasteiger charge is -2.21. The Bertz CT molecular complexity index is 1160. The zero-order chi connectivity index (χ0) is 48.4. The number of allylic oxidation sites excluding steroid dienone is 2. The molecular weight excluding hydrogens is 856 g/mol. The Balaban J connectivity index is 4.64. The number of hydrogen-bond donors (Lipinski definition) is 2. The molecule has 0 bridgehead atoms. The first-order valence-corrected chi connectivity index (χ1v) is 29.1. The molecule has 0 spiro atoms. The maximum atomic E-state index is 12.8. The van der Waals surface area contributed by atoms with Crippen LogP contribution in [0, 0.1) is 0 Å². The van der Waals surface area contributed by atoms with E-state index in [1.54, 1.807) is 0 Å². The molecule has 0 heterocycles. The number of ether oxygens (including phenoxy) is 3. The van der Waals surface area contributed by atoms with Gasteiger partial charge in [-0.1, -0.05) is 232 Å². The molecule has 0 aliphatic heterocycles. The van der Waals surface area contributed by atoms with Gasteiger partial charge in [0.2, 0.25) is 0 Å². The molecule has 0 amide bonds. The number of hydrogen-bond acceptors (Lipinski definition) is 10. The van der Waals surface area contributed by atoms with Crippen LogP contribution in [0.5, 0.6) is 0 Å². The van der Waals surface area contributed by atoms with Crippen LogP contribution in [0.25, 0.3) is 0 Å². The highest BCUT2D eigenvalue weighted by atomic mass is 31.2. The predicted octanol–water partition coefficient (Wildman–Crippen LogP) is 15.7. The van der Waals surface area contributed by atoms with Gasteiger partial charge in [-0.05, 0) is 38.5 Å². The summed E-state index contributed by atoms with van der Waals surface area (Å²) in [6, 6.07) is 0. The molecule has 12 heteroatoms. The van der Waals surface area contributed by atoms with Gasteiger partial charge in [-0.15, -0.1) is 0 Å². The molecule has 0 radical (unpaired) electrons. The van der Waals surface area contributed by atoms with Crippen LogP contribution < -0.4 is 0 Å². The Kier molecular flexibility index (Phi) is 48.3. The number of rotatable bonds is 52. The van der Waals surface area contributed by atoms with E-state index >= 15 is 0 Å². The third-order valence-electron chi connectivity index (χ3n) is 12.2. The van der Waals surface area contributed by atoms with Crippen molar-refractivity contribution in [2.45, 2.75) is 290 Å². The monoisotopic (exact) mass is 959 g/mol. The number of carbonyl (C=O) groups is 3. The molecule has 0 aliphatic carbocycles. The molecule has 0 aromatic carbocycles. The van der Waals surface area contributed by atoms with Crippen molar-refractivity contribution in [3.8, 4) is 0 Å². The van der Waals surface area contributed by atoms with E-state index < -0.39 is 57.8 Å². The SMILES string of the molecule is CCCC/C=C\CCCCCCCC(=O)OC(COC(=O)CCCCCCCCCCCCCCCCCCC)COP(=O)(O)OCC(CO)OC(=O)CCCCCCCCCCCCC. The van der Waals surface area contributed by atoms with Gasteiger partial charge in [0, 0.05) is 19.3 Å². The van der Waals surface area contributed by atoms with Gasteiger partial charge < -0.3 is 24.2 Å². The van der Waals surface area contributed by atoms with Crippen LogP contribution in [0.15, 0.2) is 12.2 Å². The number of esters is 3. The molecule has 0 rings (SSSR count). The highest BCUT2D eigenvalue weighted by molar-refractivity contribution is 7.47. The summed E-state index contributed by atoms with van der Waals surface area (Å²) in [7, 11) is -4.73. The van der Waals surface area contributed by atoms with Crippen molar-refractivity contribution in [1.82, 2.24) is 0 Å². The van der Waals surface area contributed by atoms with Crippen molar-refractivity contribution in [3.63, 3.8) is 0 Å². The minimum absolute atomic E-state index is 0.163. The Morgan fingerprint density at radius 2 is 0.712 bits per heavy atom. The van der Waals surface area contributed by atoms with Crippen molar-refractivity contribution in [1.29, 1.82) is 0 Å². The zero-order valence-electron chi connectivity index (χ0n) is 42.9. The van der Waals surface area contributed by atoms with Crippen LogP contribution in [0.2, 0.25) is 0 Å². The van der Waals surface area contributed by atoms with E-state index in [-0.39, 0.29) is 25.9 Å². The van der Waals surface area contributed by atoms with E-state index in [0.717, 1.165) is 77.0 Å². The molecule has 0 aromatic rings. The second-order valence-electron chi connectivity index (χ2n) is 18.8. The van der Waals surface area contributed by atoms with Crippen LogP contribution >= 0.6 is 7.82 Å². The highest BCUT2D eigenvalue weighted by Crippen LogP contribution is 2.43. The first-order valence-electron chi connectivity index (χ1n) is 27.6. The van der Waals surface area contributed by atoms with Crippen molar-refractivity contribution >= 4 is 25.7 Å². The minimum Gasteiger partial charge on any atom is -0.462 e. The number of phosphoric ester groups is 1. The Labute approximate surface area is 405 Å². The molecule has 390 valence electrons. The topological polar surface area (TPSA) is 155 Å². The first-order chi connectivity index (χ1) is 32.2. The fourth-order valence-electron chi connectivity index (χ4n) is 7.93. The quantitative estimate of drug-likeness (QED) is 0.0197. The lowest BCUT2D eigenvalue weighted by atomic mass is 10.0. The summed E-state index contributed by atoms with van der Waals surface area (Å²) in [4.78, 5) is 48.3. The largest absolute Gasteiger partial charge is 0.472 e. The summed E-state index contributed by atoms with van der Waals surface area (Å²) < 4.78 is 39.4. The van der Waals surface area contributed by atoms with Crippen LogP contribution in [-0.4, -0.2) is 66.5 Å². The lowest BCUT2D eigenvalue weighted by Crippen LogP contribution is -2.30. The number of carbonyl (C=O) groups excluding carboxylic acids is 3. The molecule has 0 fully saturated rings.